The number of benzene rings is 1. The van der Waals surface area contributed by atoms with E-state index in [1.807, 2.05) is 37.3 Å². The molecular weight excluding hydrogens is 304 g/mol. The summed E-state index contributed by atoms with van der Waals surface area (Å²) in [5.41, 5.74) is 6.82. The van der Waals surface area contributed by atoms with Gasteiger partial charge in [-0.25, -0.2) is 0 Å². The second kappa shape index (κ2) is 7.01. The molecule has 0 aliphatic carbocycles. The number of ketones is 1. The van der Waals surface area contributed by atoms with Crippen molar-refractivity contribution in [2.45, 2.75) is 31.7 Å². The quantitative estimate of drug-likeness (QED) is 0.857. The molecule has 0 radical (unpaired) electrons. The third-order valence-electron chi connectivity index (χ3n) is 4.51. The van der Waals surface area contributed by atoms with Crippen LogP contribution in [0.15, 0.2) is 46.9 Å². The fraction of sp³-hybridized carbons (Fsp3) is 0.368. The summed E-state index contributed by atoms with van der Waals surface area (Å²) in [6.45, 7) is 2.94. The standard InChI is InChI=1S/C19H22N2O3/c1-13-7-9-18(24-13)15-11-21(12-16(15)20)19(23)10-8-17(22)14-5-3-2-4-6-14/h2-7,9,15-16H,8,10-12,20H2,1H3. The molecular formula is C19H22N2O3. The summed E-state index contributed by atoms with van der Waals surface area (Å²) in [5, 5.41) is 0. The first-order valence-electron chi connectivity index (χ1n) is 8.22. The molecule has 1 saturated heterocycles. The van der Waals surface area contributed by atoms with Crippen molar-refractivity contribution in [3.05, 3.63) is 59.5 Å². The Balaban J connectivity index is 1.55. The zero-order valence-corrected chi connectivity index (χ0v) is 13.8. The molecule has 1 aromatic heterocycles. The number of hydrogen-bond acceptors (Lipinski definition) is 4. The summed E-state index contributed by atoms with van der Waals surface area (Å²) >= 11 is 0. The average molecular weight is 326 g/mol. The highest BCUT2D eigenvalue weighted by Gasteiger charge is 2.35. The lowest BCUT2D eigenvalue weighted by molar-refractivity contribution is -0.130. The second-order valence-electron chi connectivity index (χ2n) is 6.31. The Morgan fingerprint density at radius 3 is 2.54 bits per heavy atom. The van der Waals surface area contributed by atoms with Crippen LogP contribution >= 0.6 is 0 Å². The number of furan rings is 1. The van der Waals surface area contributed by atoms with Gasteiger partial charge in [-0.1, -0.05) is 30.3 Å². The molecule has 0 bridgehead atoms. The summed E-state index contributed by atoms with van der Waals surface area (Å²) in [5.74, 6) is 1.66. The minimum atomic E-state index is -0.135. The van der Waals surface area contributed by atoms with E-state index in [1.165, 1.54) is 0 Å². The fourth-order valence-corrected chi connectivity index (χ4v) is 3.13. The molecule has 5 nitrogen and oxygen atoms in total. The summed E-state index contributed by atoms with van der Waals surface area (Å²) < 4.78 is 5.65. The highest BCUT2D eigenvalue weighted by molar-refractivity contribution is 5.97. The van der Waals surface area contributed by atoms with E-state index >= 15 is 0 Å². The Morgan fingerprint density at radius 2 is 1.88 bits per heavy atom. The normalized spacial score (nSPS) is 20.3. The Hall–Kier alpha value is -2.40. The number of aryl methyl sites for hydroxylation is 1. The molecule has 1 amide bonds. The van der Waals surface area contributed by atoms with Crippen molar-refractivity contribution in [2.75, 3.05) is 13.1 Å². The maximum absolute atomic E-state index is 12.4. The van der Waals surface area contributed by atoms with Gasteiger partial charge in [0.2, 0.25) is 5.91 Å². The minimum absolute atomic E-state index is 0.00865. The topological polar surface area (TPSA) is 76.5 Å². The number of nitrogens with zero attached hydrogens (tertiary/aromatic N) is 1. The SMILES string of the molecule is Cc1ccc(C2CN(C(=O)CCC(=O)c3ccccc3)CC2N)o1. The number of rotatable bonds is 5. The summed E-state index contributed by atoms with van der Waals surface area (Å²) in [6, 6.07) is 12.8. The van der Waals surface area contributed by atoms with Gasteiger partial charge in [0.05, 0.1) is 5.92 Å². The molecule has 0 saturated carbocycles. The van der Waals surface area contributed by atoms with Crippen LogP contribution in [0.3, 0.4) is 0 Å². The number of Topliss-reactive ketones (excluding diaryl/α,β-unsaturated/α-hetero) is 1. The van der Waals surface area contributed by atoms with E-state index in [4.69, 9.17) is 10.2 Å². The molecule has 5 heteroatoms. The monoisotopic (exact) mass is 326 g/mol. The van der Waals surface area contributed by atoms with Gasteiger partial charge in [0.15, 0.2) is 5.78 Å². The first-order valence-corrected chi connectivity index (χ1v) is 8.22. The molecule has 2 unspecified atom stereocenters. The molecule has 2 heterocycles. The molecule has 1 fully saturated rings. The van der Waals surface area contributed by atoms with E-state index in [-0.39, 0.29) is 36.5 Å². The van der Waals surface area contributed by atoms with Gasteiger partial charge in [-0.05, 0) is 19.1 Å². The second-order valence-corrected chi connectivity index (χ2v) is 6.31. The molecule has 1 aliphatic heterocycles. The molecule has 0 spiro atoms. The van der Waals surface area contributed by atoms with Gasteiger partial charge in [0.25, 0.3) is 0 Å². The smallest absolute Gasteiger partial charge is 0.223 e. The van der Waals surface area contributed by atoms with E-state index in [2.05, 4.69) is 0 Å². The van der Waals surface area contributed by atoms with Crippen LogP contribution in [-0.4, -0.2) is 35.7 Å². The zero-order valence-electron chi connectivity index (χ0n) is 13.8. The van der Waals surface area contributed by atoms with Gasteiger partial charge >= 0.3 is 0 Å². The minimum Gasteiger partial charge on any atom is -0.466 e. The van der Waals surface area contributed by atoms with Crippen molar-refractivity contribution in [3.8, 4) is 0 Å². The van der Waals surface area contributed by atoms with E-state index in [0.717, 1.165) is 11.5 Å². The van der Waals surface area contributed by atoms with Crippen LogP contribution in [0.4, 0.5) is 0 Å². The van der Waals surface area contributed by atoms with Crippen molar-refractivity contribution in [1.82, 2.24) is 4.90 Å². The molecule has 1 aromatic carbocycles. The lowest BCUT2D eigenvalue weighted by Gasteiger charge is -2.15. The van der Waals surface area contributed by atoms with Crippen LogP contribution in [0.5, 0.6) is 0 Å². The number of amides is 1. The predicted octanol–water partition coefficient (Wildman–Crippen LogP) is 2.50. The van der Waals surface area contributed by atoms with Gasteiger partial charge in [-0.3, -0.25) is 9.59 Å². The van der Waals surface area contributed by atoms with Crippen LogP contribution in [0.1, 0.15) is 40.6 Å². The van der Waals surface area contributed by atoms with Gasteiger partial charge in [0.1, 0.15) is 11.5 Å². The van der Waals surface area contributed by atoms with Gasteiger partial charge in [-0.2, -0.15) is 0 Å². The summed E-state index contributed by atoms with van der Waals surface area (Å²) in [6.07, 6.45) is 0.434. The number of carbonyl (C=O) groups excluding carboxylic acids is 2. The average Bonchev–Trinajstić information content (AvgIpc) is 3.18. The first kappa shape index (κ1) is 16.5. The van der Waals surface area contributed by atoms with Gasteiger partial charge < -0.3 is 15.1 Å². The molecule has 2 N–H and O–H groups in total. The van der Waals surface area contributed by atoms with E-state index < -0.39 is 0 Å². The van der Waals surface area contributed by atoms with E-state index in [0.29, 0.717) is 18.7 Å². The van der Waals surface area contributed by atoms with Crippen LogP contribution in [0.2, 0.25) is 0 Å². The highest BCUT2D eigenvalue weighted by Crippen LogP contribution is 2.28. The number of hydrogen-bond donors (Lipinski definition) is 1. The third-order valence-corrected chi connectivity index (χ3v) is 4.51. The van der Waals surface area contributed by atoms with Crippen molar-refractivity contribution in [2.24, 2.45) is 5.73 Å². The Labute approximate surface area is 141 Å². The van der Waals surface area contributed by atoms with Crippen LogP contribution in [0, 0.1) is 6.92 Å². The lowest BCUT2D eigenvalue weighted by atomic mass is 10.0. The predicted molar refractivity (Wildman–Crippen MR) is 90.7 cm³/mol. The molecule has 24 heavy (non-hydrogen) atoms. The molecule has 2 aromatic rings. The Kier molecular flexibility index (Phi) is 4.81. The zero-order chi connectivity index (χ0) is 17.1. The highest BCUT2D eigenvalue weighted by atomic mass is 16.3. The number of carbonyl (C=O) groups is 2. The fourth-order valence-electron chi connectivity index (χ4n) is 3.13. The van der Waals surface area contributed by atoms with Crippen molar-refractivity contribution in [1.29, 1.82) is 0 Å². The number of nitrogens with two attached hydrogens (primary N) is 1. The van der Waals surface area contributed by atoms with Crippen LogP contribution in [-0.2, 0) is 4.79 Å². The van der Waals surface area contributed by atoms with E-state index in [9.17, 15) is 9.59 Å². The Bertz CT molecular complexity index is 723. The molecule has 2 atom stereocenters. The molecule has 3 rings (SSSR count). The largest absolute Gasteiger partial charge is 0.466 e. The van der Waals surface area contributed by atoms with Crippen LogP contribution < -0.4 is 5.73 Å². The van der Waals surface area contributed by atoms with Crippen molar-refractivity contribution < 1.29 is 14.0 Å². The summed E-state index contributed by atoms with van der Waals surface area (Å²) in [4.78, 5) is 26.2. The van der Waals surface area contributed by atoms with Crippen molar-refractivity contribution >= 4 is 11.7 Å². The molecule has 126 valence electrons. The van der Waals surface area contributed by atoms with Gasteiger partial charge in [0, 0.05) is 37.5 Å². The maximum Gasteiger partial charge on any atom is 0.223 e. The van der Waals surface area contributed by atoms with Crippen molar-refractivity contribution in [3.63, 3.8) is 0 Å². The molecule has 1 aliphatic rings. The lowest BCUT2D eigenvalue weighted by Crippen LogP contribution is -2.32. The third kappa shape index (κ3) is 3.57. The number of likely N-dealkylation sites (tertiary alicyclic amines) is 1. The van der Waals surface area contributed by atoms with Gasteiger partial charge in [-0.15, -0.1) is 0 Å². The van der Waals surface area contributed by atoms with Crippen LogP contribution in [0.25, 0.3) is 0 Å². The summed E-state index contributed by atoms with van der Waals surface area (Å²) in [7, 11) is 0. The van der Waals surface area contributed by atoms with E-state index in [1.54, 1.807) is 17.0 Å². The Morgan fingerprint density at radius 1 is 1.12 bits per heavy atom. The first-order chi connectivity index (χ1) is 11.5. The maximum atomic E-state index is 12.4.